The molecule has 0 heterocycles. The second-order valence-electron chi connectivity index (χ2n) is 3.80. The largest absolute Gasteiger partial charge is 0.478 e. The van der Waals surface area contributed by atoms with E-state index in [1.807, 2.05) is 0 Å². The lowest BCUT2D eigenvalue weighted by atomic mass is 10.2. The van der Waals surface area contributed by atoms with Crippen LogP contribution in [0.15, 0.2) is 46.9 Å². The van der Waals surface area contributed by atoms with Crippen molar-refractivity contribution >= 4 is 27.6 Å². The van der Waals surface area contributed by atoms with Crippen LogP contribution < -0.4 is 4.74 Å². The van der Waals surface area contributed by atoms with Gasteiger partial charge in [0.15, 0.2) is 0 Å². The number of ether oxygens (including phenoxy) is 1. The molecule has 0 aliphatic rings. The summed E-state index contributed by atoms with van der Waals surface area (Å²) in [7, 11) is 0. The molecule has 2 aromatic rings. The molecule has 0 atom stereocenters. The predicted molar refractivity (Wildman–Crippen MR) is 74.3 cm³/mol. The van der Waals surface area contributed by atoms with E-state index in [0.717, 1.165) is 0 Å². The zero-order valence-corrected chi connectivity index (χ0v) is 11.5. The van der Waals surface area contributed by atoms with Gasteiger partial charge in [0.1, 0.15) is 11.5 Å². The van der Waals surface area contributed by atoms with Crippen LogP contribution in [0.5, 0.6) is 11.5 Å². The summed E-state index contributed by atoms with van der Waals surface area (Å²) >= 11 is 3.23. The van der Waals surface area contributed by atoms with Gasteiger partial charge in [0.05, 0.1) is 21.0 Å². The topological polar surface area (TPSA) is 89.7 Å². The molecule has 1 N–H and O–H groups in total. The molecule has 0 aromatic heterocycles. The van der Waals surface area contributed by atoms with Crippen LogP contribution in [0.2, 0.25) is 0 Å². The first kappa shape index (κ1) is 14.0. The monoisotopic (exact) mass is 337 g/mol. The average Bonchev–Trinajstić information content (AvgIpc) is 2.41. The molecule has 0 aliphatic carbocycles. The van der Waals surface area contributed by atoms with Gasteiger partial charge in [0.2, 0.25) is 0 Å². The number of carboxylic acid groups (broad SMARTS) is 1. The maximum absolute atomic E-state index is 10.7. The molecule has 20 heavy (non-hydrogen) atoms. The lowest BCUT2D eigenvalue weighted by molar-refractivity contribution is -0.384. The molecule has 2 rings (SSSR count). The Kier molecular flexibility index (Phi) is 3.99. The molecule has 0 bridgehead atoms. The van der Waals surface area contributed by atoms with E-state index >= 15 is 0 Å². The van der Waals surface area contributed by atoms with E-state index in [1.54, 1.807) is 0 Å². The number of carbonyl (C=O) groups is 1. The smallest absolute Gasteiger partial charge is 0.335 e. The summed E-state index contributed by atoms with van der Waals surface area (Å²) < 4.78 is 6.05. The van der Waals surface area contributed by atoms with Crippen LogP contribution in [-0.2, 0) is 0 Å². The molecular weight excluding hydrogens is 330 g/mol. The average molecular weight is 338 g/mol. The highest BCUT2D eigenvalue weighted by Crippen LogP contribution is 2.33. The number of halogens is 1. The minimum absolute atomic E-state index is 0.0923. The number of non-ortho nitro benzene ring substituents is 1. The summed E-state index contributed by atoms with van der Waals surface area (Å²) in [6.45, 7) is 0. The van der Waals surface area contributed by atoms with Gasteiger partial charge in [0, 0.05) is 6.07 Å². The number of nitro benzene ring substituents is 1. The zero-order chi connectivity index (χ0) is 14.7. The van der Waals surface area contributed by atoms with Gasteiger partial charge in [-0.1, -0.05) is 0 Å². The van der Waals surface area contributed by atoms with E-state index in [2.05, 4.69) is 15.9 Å². The van der Waals surface area contributed by atoms with Crippen molar-refractivity contribution < 1.29 is 19.6 Å². The molecule has 2 aromatic carbocycles. The number of nitro groups is 1. The van der Waals surface area contributed by atoms with Crippen molar-refractivity contribution in [3.05, 3.63) is 62.6 Å². The Labute approximate surface area is 121 Å². The highest BCUT2D eigenvalue weighted by Gasteiger charge is 2.11. The molecule has 7 heteroatoms. The molecule has 102 valence electrons. The summed E-state index contributed by atoms with van der Waals surface area (Å²) in [5.41, 5.74) is 0.0424. The Morgan fingerprint density at radius 2 is 1.85 bits per heavy atom. The van der Waals surface area contributed by atoms with E-state index in [0.29, 0.717) is 10.2 Å². The quantitative estimate of drug-likeness (QED) is 0.676. The van der Waals surface area contributed by atoms with Crippen molar-refractivity contribution in [1.82, 2.24) is 0 Å². The first-order valence-corrected chi connectivity index (χ1v) is 6.22. The first-order chi connectivity index (χ1) is 9.47. The van der Waals surface area contributed by atoms with Crippen LogP contribution in [0.1, 0.15) is 10.4 Å². The summed E-state index contributed by atoms with van der Waals surface area (Å²) in [5, 5.41) is 19.5. The summed E-state index contributed by atoms with van der Waals surface area (Å²) in [4.78, 5) is 20.9. The van der Waals surface area contributed by atoms with Crippen LogP contribution in [0.3, 0.4) is 0 Å². The lowest BCUT2D eigenvalue weighted by Gasteiger charge is -2.07. The van der Waals surface area contributed by atoms with Gasteiger partial charge in [-0.3, -0.25) is 10.1 Å². The van der Waals surface area contributed by atoms with Crippen molar-refractivity contribution in [2.75, 3.05) is 0 Å². The zero-order valence-electron chi connectivity index (χ0n) is 9.95. The normalized spacial score (nSPS) is 10.1. The van der Waals surface area contributed by atoms with Gasteiger partial charge in [-0.2, -0.15) is 0 Å². The Morgan fingerprint density at radius 1 is 1.20 bits per heavy atom. The maximum atomic E-state index is 10.7. The molecule has 0 unspecified atom stereocenters. The Bertz CT molecular complexity index is 669. The van der Waals surface area contributed by atoms with E-state index < -0.39 is 10.9 Å². The third kappa shape index (κ3) is 3.12. The van der Waals surface area contributed by atoms with Crippen LogP contribution >= 0.6 is 15.9 Å². The lowest BCUT2D eigenvalue weighted by Crippen LogP contribution is -1.95. The molecule has 0 radical (unpaired) electrons. The predicted octanol–water partition coefficient (Wildman–Crippen LogP) is 3.85. The summed E-state index contributed by atoms with van der Waals surface area (Å²) in [5.74, 6) is -0.369. The van der Waals surface area contributed by atoms with E-state index in [9.17, 15) is 14.9 Å². The van der Waals surface area contributed by atoms with Crippen molar-refractivity contribution in [2.45, 2.75) is 0 Å². The second-order valence-corrected chi connectivity index (χ2v) is 4.66. The van der Waals surface area contributed by atoms with Gasteiger partial charge in [-0.05, 0) is 46.3 Å². The molecule has 0 saturated heterocycles. The van der Waals surface area contributed by atoms with Crippen LogP contribution in [0, 0.1) is 10.1 Å². The number of benzene rings is 2. The van der Waals surface area contributed by atoms with Gasteiger partial charge in [-0.15, -0.1) is 0 Å². The fourth-order valence-electron chi connectivity index (χ4n) is 1.48. The number of carboxylic acids is 1. The number of rotatable bonds is 4. The van der Waals surface area contributed by atoms with Gasteiger partial charge in [0.25, 0.3) is 5.69 Å². The van der Waals surface area contributed by atoms with E-state index in [4.69, 9.17) is 9.84 Å². The van der Waals surface area contributed by atoms with E-state index in [1.165, 1.54) is 42.5 Å². The van der Waals surface area contributed by atoms with Crippen molar-refractivity contribution in [3.8, 4) is 11.5 Å². The van der Waals surface area contributed by atoms with Crippen molar-refractivity contribution in [1.29, 1.82) is 0 Å². The molecule has 0 aliphatic heterocycles. The fourth-order valence-corrected chi connectivity index (χ4v) is 1.80. The fraction of sp³-hybridized carbons (Fsp3) is 0. The van der Waals surface area contributed by atoms with Crippen LogP contribution in [0.4, 0.5) is 5.69 Å². The minimum Gasteiger partial charge on any atom is -0.478 e. The number of hydrogen-bond donors (Lipinski definition) is 1. The highest BCUT2D eigenvalue weighted by atomic mass is 79.9. The van der Waals surface area contributed by atoms with Crippen LogP contribution in [-0.4, -0.2) is 16.0 Å². The molecule has 0 amide bonds. The molecule has 0 spiro atoms. The maximum Gasteiger partial charge on any atom is 0.335 e. The molecule has 6 nitrogen and oxygen atoms in total. The standard InChI is InChI=1S/C13H8BrNO5/c14-11-6-3-9(15(18)19)7-12(11)20-10-4-1-8(2-5-10)13(16)17/h1-7H,(H,16,17). The minimum atomic E-state index is -1.03. The molecular formula is C13H8BrNO5. The number of nitrogens with zero attached hydrogens (tertiary/aromatic N) is 1. The van der Waals surface area contributed by atoms with Gasteiger partial charge >= 0.3 is 5.97 Å². The second kappa shape index (κ2) is 5.70. The van der Waals surface area contributed by atoms with Gasteiger partial charge < -0.3 is 9.84 Å². The highest BCUT2D eigenvalue weighted by molar-refractivity contribution is 9.10. The summed E-state index contributed by atoms with van der Waals surface area (Å²) in [6, 6.07) is 9.90. The Balaban J connectivity index is 2.27. The van der Waals surface area contributed by atoms with Crippen LogP contribution in [0.25, 0.3) is 0 Å². The van der Waals surface area contributed by atoms with E-state index in [-0.39, 0.29) is 17.0 Å². The SMILES string of the molecule is O=C(O)c1ccc(Oc2cc([N+](=O)[O-])ccc2Br)cc1. The van der Waals surface area contributed by atoms with Crippen molar-refractivity contribution in [2.24, 2.45) is 0 Å². The molecule has 0 saturated carbocycles. The molecule has 0 fully saturated rings. The Hall–Kier alpha value is -2.41. The van der Waals surface area contributed by atoms with Crippen molar-refractivity contribution in [3.63, 3.8) is 0 Å². The van der Waals surface area contributed by atoms with Gasteiger partial charge in [-0.25, -0.2) is 4.79 Å². The number of hydrogen-bond acceptors (Lipinski definition) is 4. The third-order valence-corrected chi connectivity index (χ3v) is 3.11. The first-order valence-electron chi connectivity index (χ1n) is 5.42. The third-order valence-electron chi connectivity index (χ3n) is 2.45. The summed E-state index contributed by atoms with van der Waals surface area (Å²) in [6.07, 6.45) is 0. The Morgan fingerprint density at radius 3 is 2.40 bits per heavy atom. The number of aromatic carboxylic acids is 1.